The molecule has 0 saturated heterocycles. The van der Waals surface area contributed by atoms with Crippen LogP contribution in [0.15, 0.2) is 24.3 Å². The lowest BCUT2D eigenvalue weighted by Crippen LogP contribution is -2.39. The second kappa shape index (κ2) is 4.70. The van der Waals surface area contributed by atoms with Gasteiger partial charge in [-0.3, -0.25) is 0 Å². The van der Waals surface area contributed by atoms with E-state index in [2.05, 4.69) is 43.4 Å². The van der Waals surface area contributed by atoms with Gasteiger partial charge in [0.1, 0.15) is 0 Å². The number of nitrogens with one attached hydrogen (secondary N) is 1. The van der Waals surface area contributed by atoms with Gasteiger partial charge in [-0.2, -0.15) is 0 Å². The molecule has 1 nitrogen and oxygen atoms in total. The number of rotatable bonds is 4. The molecule has 2 aliphatic rings. The number of fused-ring (bicyclic) bond motifs is 1. The van der Waals surface area contributed by atoms with Gasteiger partial charge in [0, 0.05) is 12.6 Å². The van der Waals surface area contributed by atoms with E-state index < -0.39 is 0 Å². The molecule has 1 aromatic rings. The summed E-state index contributed by atoms with van der Waals surface area (Å²) < 4.78 is 0. The number of aryl methyl sites for hydroxylation is 1. The summed E-state index contributed by atoms with van der Waals surface area (Å²) in [6.45, 7) is 5.99. The molecule has 98 valence electrons. The molecule has 1 saturated carbocycles. The van der Waals surface area contributed by atoms with Crippen molar-refractivity contribution < 1.29 is 0 Å². The van der Waals surface area contributed by atoms with Crippen LogP contribution in [-0.2, 0) is 12.8 Å². The summed E-state index contributed by atoms with van der Waals surface area (Å²) in [4.78, 5) is 0. The van der Waals surface area contributed by atoms with Crippen molar-refractivity contribution in [1.82, 2.24) is 5.32 Å². The summed E-state index contributed by atoms with van der Waals surface area (Å²) in [5.41, 5.74) is 3.77. The van der Waals surface area contributed by atoms with Crippen LogP contribution in [0.3, 0.4) is 0 Å². The zero-order chi connectivity index (χ0) is 12.6. The maximum atomic E-state index is 3.85. The molecule has 0 spiro atoms. The van der Waals surface area contributed by atoms with Crippen LogP contribution in [0, 0.1) is 11.3 Å². The minimum atomic E-state index is 0.636. The fourth-order valence-electron chi connectivity index (χ4n) is 3.34. The summed E-state index contributed by atoms with van der Waals surface area (Å²) in [5.74, 6) is 0.834. The first-order valence-electron chi connectivity index (χ1n) is 7.50. The minimum absolute atomic E-state index is 0.636. The number of benzene rings is 1. The minimum Gasteiger partial charge on any atom is -0.313 e. The molecule has 1 fully saturated rings. The van der Waals surface area contributed by atoms with Gasteiger partial charge in [-0.1, -0.05) is 38.1 Å². The van der Waals surface area contributed by atoms with E-state index in [0.717, 1.165) is 5.92 Å². The van der Waals surface area contributed by atoms with E-state index in [-0.39, 0.29) is 0 Å². The van der Waals surface area contributed by atoms with Crippen molar-refractivity contribution >= 4 is 0 Å². The van der Waals surface area contributed by atoms with Crippen molar-refractivity contribution in [2.75, 3.05) is 6.54 Å². The Bertz CT molecular complexity index is 417. The Morgan fingerprint density at radius 2 is 1.94 bits per heavy atom. The van der Waals surface area contributed by atoms with Gasteiger partial charge < -0.3 is 5.32 Å². The van der Waals surface area contributed by atoms with E-state index >= 15 is 0 Å². The van der Waals surface area contributed by atoms with Gasteiger partial charge in [-0.25, -0.2) is 0 Å². The molecule has 1 heteroatoms. The van der Waals surface area contributed by atoms with Crippen LogP contribution in [0.5, 0.6) is 0 Å². The van der Waals surface area contributed by atoms with E-state index in [1.165, 1.54) is 38.6 Å². The highest BCUT2D eigenvalue weighted by atomic mass is 14.9. The fraction of sp³-hybridized carbons (Fsp3) is 0.647. The highest BCUT2D eigenvalue weighted by Crippen LogP contribution is 2.51. The Morgan fingerprint density at radius 3 is 2.61 bits per heavy atom. The van der Waals surface area contributed by atoms with Crippen molar-refractivity contribution in [2.24, 2.45) is 11.3 Å². The Balaban J connectivity index is 1.57. The molecular formula is C17H25N. The molecular weight excluding hydrogens is 218 g/mol. The van der Waals surface area contributed by atoms with E-state index in [9.17, 15) is 0 Å². The maximum Gasteiger partial charge on any atom is 0.0111 e. The first-order chi connectivity index (χ1) is 8.70. The molecule has 0 heterocycles. The number of hydrogen-bond acceptors (Lipinski definition) is 1. The van der Waals surface area contributed by atoms with Crippen LogP contribution in [0.4, 0.5) is 0 Å². The largest absolute Gasteiger partial charge is 0.313 e. The van der Waals surface area contributed by atoms with Gasteiger partial charge >= 0.3 is 0 Å². The van der Waals surface area contributed by atoms with E-state index in [1.54, 1.807) is 11.1 Å². The van der Waals surface area contributed by atoms with Gasteiger partial charge in [0.15, 0.2) is 0 Å². The summed E-state index contributed by atoms with van der Waals surface area (Å²) in [6.07, 6.45) is 6.65. The number of hydrogen-bond donors (Lipinski definition) is 1. The molecule has 2 aliphatic carbocycles. The Morgan fingerprint density at radius 1 is 1.22 bits per heavy atom. The standard InChI is InChI=1S/C17H25N/c1-13(2)17(9-10-17)12-18-16-8-7-14-5-3-4-6-15(14)11-16/h3-6,13,16,18H,7-12H2,1-2H3. The molecule has 0 amide bonds. The highest BCUT2D eigenvalue weighted by molar-refractivity contribution is 5.30. The summed E-state index contributed by atoms with van der Waals surface area (Å²) in [7, 11) is 0. The average Bonchev–Trinajstić information content (AvgIpc) is 3.17. The van der Waals surface area contributed by atoms with Gasteiger partial charge in [0.05, 0.1) is 0 Å². The van der Waals surface area contributed by atoms with Crippen molar-refractivity contribution in [3.8, 4) is 0 Å². The molecule has 1 N–H and O–H groups in total. The van der Waals surface area contributed by atoms with E-state index in [1.807, 2.05) is 0 Å². The van der Waals surface area contributed by atoms with E-state index in [4.69, 9.17) is 0 Å². The monoisotopic (exact) mass is 243 g/mol. The fourth-order valence-corrected chi connectivity index (χ4v) is 3.34. The second-order valence-electron chi connectivity index (χ2n) is 6.61. The van der Waals surface area contributed by atoms with Crippen LogP contribution in [0.1, 0.15) is 44.2 Å². The van der Waals surface area contributed by atoms with Crippen molar-refractivity contribution in [2.45, 2.75) is 52.0 Å². The predicted molar refractivity (Wildman–Crippen MR) is 76.8 cm³/mol. The highest BCUT2D eigenvalue weighted by Gasteiger charge is 2.45. The molecule has 3 rings (SSSR count). The molecule has 18 heavy (non-hydrogen) atoms. The van der Waals surface area contributed by atoms with Crippen LogP contribution < -0.4 is 5.32 Å². The maximum absolute atomic E-state index is 3.85. The lowest BCUT2D eigenvalue weighted by Gasteiger charge is -2.29. The zero-order valence-corrected chi connectivity index (χ0v) is 11.7. The Labute approximate surface area is 111 Å². The lowest BCUT2D eigenvalue weighted by molar-refractivity contribution is 0.310. The van der Waals surface area contributed by atoms with Crippen molar-refractivity contribution in [3.63, 3.8) is 0 Å². The molecule has 1 atom stereocenters. The summed E-state index contributed by atoms with van der Waals surface area (Å²) in [5, 5.41) is 3.85. The SMILES string of the molecule is CC(C)C1(CNC2CCc3ccccc3C2)CC1. The van der Waals surface area contributed by atoms with Crippen LogP contribution in [0.25, 0.3) is 0 Å². The van der Waals surface area contributed by atoms with E-state index in [0.29, 0.717) is 11.5 Å². The molecule has 0 bridgehead atoms. The molecule has 0 aliphatic heterocycles. The van der Waals surface area contributed by atoms with Crippen molar-refractivity contribution in [3.05, 3.63) is 35.4 Å². The topological polar surface area (TPSA) is 12.0 Å². The molecule has 0 aromatic heterocycles. The molecule has 1 unspecified atom stereocenters. The zero-order valence-electron chi connectivity index (χ0n) is 11.7. The lowest BCUT2D eigenvalue weighted by atomic mass is 9.87. The second-order valence-corrected chi connectivity index (χ2v) is 6.61. The third kappa shape index (κ3) is 2.33. The third-order valence-electron chi connectivity index (χ3n) is 5.21. The quantitative estimate of drug-likeness (QED) is 0.852. The predicted octanol–water partition coefficient (Wildman–Crippen LogP) is 3.57. The third-order valence-corrected chi connectivity index (χ3v) is 5.21. The van der Waals surface area contributed by atoms with Crippen LogP contribution in [-0.4, -0.2) is 12.6 Å². The van der Waals surface area contributed by atoms with Crippen LogP contribution in [0.2, 0.25) is 0 Å². The Kier molecular flexibility index (Phi) is 3.19. The van der Waals surface area contributed by atoms with Crippen LogP contribution >= 0.6 is 0 Å². The first-order valence-corrected chi connectivity index (χ1v) is 7.50. The van der Waals surface area contributed by atoms with Gasteiger partial charge in [-0.15, -0.1) is 0 Å². The summed E-state index contributed by atoms with van der Waals surface area (Å²) >= 11 is 0. The summed E-state index contributed by atoms with van der Waals surface area (Å²) in [6, 6.07) is 9.65. The smallest absolute Gasteiger partial charge is 0.0111 e. The normalized spacial score (nSPS) is 24.9. The van der Waals surface area contributed by atoms with Gasteiger partial charge in [0.25, 0.3) is 0 Å². The van der Waals surface area contributed by atoms with Crippen molar-refractivity contribution in [1.29, 1.82) is 0 Å². The van der Waals surface area contributed by atoms with Gasteiger partial charge in [-0.05, 0) is 54.6 Å². The van der Waals surface area contributed by atoms with Gasteiger partial charge in [0.2, 0.25) is 0 Å². The Hall–Kier alpha value is -0.820. The molecule has 0 radical (unpaired) electrons. The first kappa shape index (κ1) is 12.2. The molecule has 1 aromatic carbocycles. The average molecular weight is 243 g/mol.